The van der Waals surface area contributed by atoms with Crippen molar-refractivity contribution in [1.29, 1.82) is 0 Å². The van der Waals surface area contributed by atoms with Crippen LogP contribution in [0.2, 0.25) is 0 Å². The van der Waals surface area contributed by atoms with E-state index in [1.807, 2.05) is 0 Å². The van der Waals surface area contributed by atoms with Crippen LogP contribution in [0.1, 0.15) is 26.7 Å². The largest absolute Gasteiger partial charge is 0.385 e. The molecule has 15 heavy (non-hydrogen) atoms. The van der Waals surface area contributed by atoms with Gasteiger partial charge in [0, 0.05) is 40.3 Å². The van der Waals surface area contributed by atoms with Gasteiger partial charge >= 0.3 is 0 Å². The normalized spacial score (nSPS) is 11.5. The van der Waals surface area contributed by atoms with Crippen LogP contribution in [-0.4, -0.2) is 39.8 Å². The lowest BCUT2D eigenvalue weighted by Gasteiger charge is -2.24. The third kappa shape index (κ3) is 8.39. The molecule has 0 aromatic heterocycles. The van der Waals surface area contributed by atoms with Crippen LogP contribution in [0.25, 0.3) is 0 Å². The first kappa shape index (κ1) is 14.4. The summed E-state index contributed by atoms with van der Waals surface area (Å²) in [6.45, 7) is 6.81. The summed E-state index contributed by atoms with van der Waals surface area (Å²) in [6, 6.07) is 0. The SMILES string of the molecule is CNC(=O)CCNCC(C)(C)CCOC. The van der Waals surface area contributed by atoms with E-state index in [0.717, 1.165) is 26.1 Å². The summed E-state index contributed by atoms with van der Waals surface area (Å²) in [5.41, 5.74) is 0.221. The Bertz CT molecular complexity index is 181. The van der Waals surface area contributed by atoms with Crippen molar-refractivity contribution in [3.63, 3.8) is 0 Å². The van der Waals surface area contributed by atoms with Crippen LogP contribution in [0.5, 0.6) is 0 Å². The summed E-state index contributed by atoms with van der Waals surface area (Å²) in [6.07, 6.45) is 1.56. The number of hydrogen-bond donors (Lipinski definition) is 2. The second-order valence-electron chi connectivity index (χ2n) is 4.51. The Morgan fingerprint density at radius 3 is 2.60 bits per heavy atom. The average molecular weight is 216 g/mol. The Morgan fingerprint density at radius 1 is 1.40 bits per heavy atom. The van der Waals surface area contributed by atoms with Crippen molar-refractivity contribution >= 4 is 5.91 Å². The number of hydrogen-bond acceptors (Lipinski definition) is 3. The van der Waals surface area contributed by atoms with Crippen LogP contribution in [0.3, 0.4) is 0 Å². The molecule has 4 heteroatoms. The smallest absolute Gasteiger partial charge is 0.221 e. The summed E-state index contributed by atoms with van der Waals surface area (Å²) in [4.78, 5) is 10.9. The molecule has 0 rings (SSSR count). The first-order valence-electron chi connectivity index (χ1n) is 5.42. The van der Waals surface area contributed by atoms with Crippen molar-refractivity contribution in [1.82, 2.24) is 10.6 Å². The molecule has 0 saturated heterocycles. The highest BCUT2D eigenvalue weighted by Gasteiger charge is 2.16. The van der Waals surface area contributed by atoms with E-state index >= 15 is 0 Å². The van der Waals surface area contributed by atoms with Crippen LogP contribution in [-0.2, 0) is 9.53 Å². The van der Waals surface area contributed by atoms with E-state index in [1.165, 1.54) is 0 Å². The van der Waals surface area contributed by atoms with Gasteiger partial charge in [0.1, 0.15) is 0 Å². The van der Waals surface area contributed by atoms with Gasteiger partial charge in [-0.3, -0.25) is 4.79 Å². The highest BCUT2D eigenvalue weighted by Crippen LogP contribution is 2.18. The van der Waals surface area contributed by atoms with E-state index in [0.29, 0.717) is 6.42 Å². The molecule has 0 saturated carbocycles. The number of methoxy groups -OCH3 is 1. The van der Waals surface area contributed by atoms with Crippen LogP contribution in [0, 0.1) is 5.41 Å². The molecule has 1 amide bonds. The zero-order valence-electron chi connectivity index (χ0n) is 10.4. The van der Waals surface area contributed by atoms with Crippen LogP contribution < -0.4 is 10.6 Å². The minimum atomic E-state index is 0.0807. The Kier molecular flexibility index (Phi) is 7.34. The summed E-state index contributed by atoms with van der Waals surface area (Å²) in [5.74, 6) is 0.0807. The maximum absolute atomic E-state index is 10.9. The molecule has 0 aliphatic heterocycles. The molecule has 0 bridgehead atoms. The zero-order chi connectivity index (χ0) is 11.7. The average Bonchev–Trinajstić information content (AvgIpc) is 2.21. The molecular weight excluding hydrogens is 192 g/mol. The minimum Gasteiger partial charge on any atom is -0.385 e. The maximum Gasteiger partial charge on any atom is 0.221 e. The number of rotatable bonds is 8. The van der Waals surface area contributed by atoms with Crippen molar-refractivity contribution in [3.05, 3.63) is 0 Å². The van der Waals surface area contributed by atoms with Gasteiger partial charge in [-0.2, -0.15) is 0 Å². The van der Waals surface area contributed by atoms with Crippen molar-refractivity contribution in [2.24, 2.45) is 5.41 Å². The fourth-order valence-electron chi connectivity index (χ4n) is 1.22. The lowest BCUT2D eigenvalue weighted by atomic mass is 9.90. The number of carbonyl (C=O) groups is 1. The van der Waals surface area contributed by atoms with Gasteiger partial charge in [-0.15, -0.1) is 0 Å². The first-order chi connectivity index (χ1) is 7.02. The maximum atomic E-state index is 10.9. The van der Waals surface area contributed by atoms with Gasteiger partial charge in [0.2, 0.25) is 5.91 Å². The molecule has 0 fully saturated rings. The second-order valence-corrected chi connectivity index (χ2v) is 4.51. The van der Waals surface area contributed by atoms with Gasteiger partial charge < -0.3 is 15.4 Å². The summed E-state index contributed by atoms with van der Waals surface area (Å²) < 4.78 is 5.05. The van der Waals surface area contributed by atoms with Crippen molar-refractivity contribution < 1.29 is 9.53 Å². The second kappa shape index (κ2) is 7.65. The van der Waals surface area contributed by atoms with Gasteiger partial charge in [0.25, 0.3) is 0 Å². The monoisotopic (exact) mass is 216 g/mol. The topological polar surface area (TPSA) is 50.4 Å². The number of nitrogens with one attached hydrogen (secondary N) is 2. The van der Waals surface area contributed by atoms with E-state index in [-0.39, 0.29) is 11.3 Å². The van der Waals surface area contributed by atoms with Crippen LogP contribution in [0.4, 0.5) is 0 Å². The predicted molar refractivity (Wildman–Crippen MR) is 61.8 cm³/mol. The van der Waals surface area contributed by atoms with Crippen molar-refractivity contribution in [2.45, 2.75) is 26.7 Å². The van der Waals surface area contributed by atoms with E-state index < -0.39 is 0 Å². The molecular formula is C11H24N2O2. The fourth-order valence-corrected chi connectivity index (χ4v) is 1.22. The molecule has 0 aromatic carbocycles. The lowest BCUT2D eigenvalue weighted by molar-refractivity contribution is -0.120. The lowest BCUT2D eigenvalue weighted by Crippen LogP contribution is -2.33. The van der Waals surface area contributed by atoms with Gasteiger partial charge in [-0.25, -0.2) is 0 Å². The number of amides is 1. The Labute approximate surface area is 92.8 Å². The molecule has 0 aromatic rings. The Balaban J connectivity index is 3.52. The summed E-state index contributed by atoms with van der Waals surface area (Å²) in [5, 5.41) is 5.88. The molecule has 0 aliphatic carbocycles. The molecule has 0 unspecified atom stereocenters. The standard InChI is InChI=1S/C11H24N2O2/c1-11(2,6-8-15-4)9-13-7-5-10(14)12-3/h13H,5-9H2,1-4H3,(H,12,14). The van der Waals surface area contributed by atoms with Crippen molar-refractivity contribution in [2.75, 3.05) is 33.9 Å². The molecule has 2 N–H and O–H groups in total. The highest BCUT2D eigenvalue weighted by atomic mass is 16.5. The highest BCUT2D eigenvalue weighted by molar-refractivity contribution is 5.75. The molecule has 0 aliphatic rings. The van der Waals surface area contributed by atoms with Crippen LogP contribution in [0.15, 0.2) is 0 Å². The number of carbonyl (C=O) groups excluding carboxylic acids is 1. The van der Waals surface area contributed by atoms with E-state index in [4.69, 9.17) is 4.74 Å². The molecule has 90 valence electrons. The fraction of sp³-hybridized carbons (Fsp3) is 0.909. The van der Waals surface area contributed by atoms with Gasteiger partial charge in [0.15, 0.2) is 0 Å². The van der Waals surface area contributed by atoms with E-state index in [1.54, 1.807) is 14.2 Å². The quantitative estimate of drug-likeness (QED) is 0.589. The Morgan fingerprint density at radius 2 is 2.07 bits per heavy atom. The number of ether oxygens (including phenoxy) is 1. The van der Waals surface area contributed by atoms with E-state index in [9.17, 15) is 4.79 Å². The molecule has 0 atom stereocenters. The Hall–Kier alpha value is -0.610. The summed E-state index contributed by atoms with van der Waals surface area (Å²) in [7, 11) is 3.37. The minimum absolute atomic E-state index is 0.0807. The van der Waals surface area contributed by atoms with Crippen LogP contribution >= 0.6 is 0 Å². The van der Waals surface area contributed by atoms with E-state index in [2.05, 4.69) is 24.5 Å². The third-order valence-corrected chi connectivity index (χ3v) is 2.39. The van der Waals surface area contributed by atoms with Gasteiger partial charge in [0.05, 0.1) is 0 Å². The van der Waals surface area contributed by atoms with Gasteiger partial charge in [-0.1, -0.05) is 13.8 Å². The molecule has 4 nitrogen and oxygen atoms in total. The predicted octanol–water partition coefficient (Wildman–Crippen LogP) is 0.775. The van der Waals surface area contributed by atoms with Gasteiger partial charge in [-0.05, 0) is 11.8 Å². The third-order valence-electron chi connectivity index (χ3n) is 2.39. The molecule has 0 heterocycles. The summed E-state index contributed by atoms with van der Waals surface area (Å²) >= 11 is 0. The zero-order valence-corrected chi connectivity index (χ0v) is 10.4. The molecule has 0 radical (unpaired) electrons. The molecule has 0 spiro atoms. The first-order valence-corrected chi connectivity index (χ1v) is 5.42. The van der Waals surface area contributed by atoms with Crippen molar-refractivity contribution in [3.8, 4) is 0 Å².